The second kappa shape index (κ2) is 6.42. The molecule has 1 aromatic rings. The van der Waals surface area contributed by atoms with Gasteiger partial charge in [-0.3, -0.25) is 9.69 Å². The van der Waals surface area contributed by atoms with Crippen molar-refractivity contribution in [3.05, 3.63) is 24.3 Å². The van der Waals surface area contributed by atoms with Gasteiger partial charge in [0, 0.05) is 31.9 Å². The van der Waals surface area contributed by atoms with Crippen LogP contribution in [0, 0.1) is 0 Å². The van der Waals surface area contributed by atoms with Gasteiger partial charge in [-0.25, -0.2) is 8.42 Å². The van der Waals surface area contributed by atoms with E-state index >= 15 is 0 Å². The number of benzene rings is 1. The number of carbonyl (C=O) groups is 1. The fourth-order valence-corrected chi connectivity index (χ4v) is 3.59. The zero-order valence-corrected chi connectivity index (χ0v) is 12.7. The predicted molar refractivity (Wildman–Crippen MR) is 78.1 cm³/mol. The Balaban J connectivity index is 2.01. The average molecular weight is 313 g/mol. The van der Waals surface area contributed by atoms with Gasteiger partial charge in [-0.05, 0) is 24.3 Å². The normalized spacial score (nSPS) is 17.6. The molecule has 116 valence electrons. The Morgan fingerprint density at radius 2 is 1.76 bits per heavy atom. The van der Waals surface area contributed by atoms with E-state index < -0.39 is 10.0 Å². The van der Waals surface area contributed by atoms with Crippen LogP contribution in [-0.2, 0) is 19.6 Å². The van der Waals surface area contributed by atoms with E-state index in [2.05, 4.69) is 4.74 Å². The lowest BCUT2D eigenvalue weighted by Gasteiger charge is -2.33. The standard InChI is InChI=1S/C13H19N3O4S/c1-20-13(17)10-15-6-8-16(9-7-15)21(18,19)12-4-2-11(14)3-5-12/h2-5H,6-10,14H2,1H3. The van der Waals surface area contributed by atoms with Crippen molar-refractivity contribution in [2.24, 2.45) is 0 Å². The number of hydrogen-bond acceptors (Lipinski definition) is 6. The van der Waals surface area contributed by atoms with Crippen molar-refractivity contribution < 1.29 is 17.9 Å². The third-order valence-corrected chi connectivity index (χ3v) is 5.34. The zero-order valence-electron chi connectivity index (χ0n) is 11.9. The topological polar surface area (TPSA) is 92.9 Å². The van der Waals surface area contributed by atoms with Crippen LogP contribution in [0.25, 0.3) is 0 Å². The molecule has 1 aromatic carbocycles. The van der Waals surface area contributed by atoms with E-state index in [0.717, 1.165) is 0 Å². The van der Waals surface area contributed by atoms with E-state index in [9.17, 15) is 13.2 Å². The first-order chi connectivity index (χ1) is 9.93. The van der Waals surface area contributed by atoms with Gasteiger partial charge in [0.15, 0.2) is 0 Å². The number of anilines is 1. The number of rotatable bonds is 4. The van der Waals surface area contributed by atoms with Crippen LogP contribution in [0.2, 0.25) is 0 Å². The number of nitrogens with zero attached hydrogens (tertiary/aromatic N) is 2. The molecule has 1 saturated heterocycles. The highest BCUT2D eigenvalue weighted by molar-refractivity contribution is 7.89. The summed E-state index contributed by atoms with van der Waals surface area (Å²) in [5, 5.41) is 0. The summed E-state index contributed by atoms with van der Waals surface area (Å²) in [6.07, 6.45) is 0. The average Bonchev–Trinajstić information content (AvgIpc) is 2.48. The molecule has 8 heteroatoms. The first-order valence-electron chi connectivity index (χ1n) is 6.58. The summed E-state index contributed by atoms with van der Waals surface area (Å²) in [5.41, 5.74) is 6.09. The number of sulfonamides is 1. The van der Waals surface area contributed by atoms with Gasteiger partial charge in [0.25, 0.3) is 0 Å². The molecule has 2 N–H and O–H groups in total. The maximum absolute atomic E-state index is 12.5. The van der Waals surface area contributed by atoms with Gasteiger partial charge in [0.05, 0.1) is 18.6 Å². The number of hydrogen-bond donors (Lipinski definition) is 1. The molecule has 0 saturated carbocycles. The third-order valence-electron chi connectivity index (χ3n) is 3.43. The van der Waals surface area contributed by atoms with Crippen LogP contribution in [0.1, 0.15) is 0 Å². The molecule has 0 amide bonds. The van der Waals surface area contributed by atoms with Crippen molar-refractivity contribution >= 4 is 21.7 Å². The molecule has 0 aliphatic carbocycles. The Morgan fingerprint density at radius 3 is 2.29 bits per heavy atom. The van der Waals surface area contributed by atoms with Crippen molar-refractivity contribution in [1.82, 2.24) is 9.21 Å². The van der Waals surface area contributed by atoms with E-state index in [-0.39, 0.29) is 17.4 Å². The van der Waals surface area contributed by atoms with Crippen LogP contribution >= 0.6 is 0 Å². The molecule has 1 aliphatic heterocycles. The predicted octanol–water partition coefficient (Wildman–Crippen LogP) is -0.252. The molecule has 2 rings (SSSR count). The monoisotopic (exact) mass is 313 g/mol. The van der Waals surface area contributed by atoms with Crippen molar-refractivity contribution in [3.63, 3.8) is 0 Å². The van der Waals surface area contributed by atoms with Crippen LogP contribution in [0.15, 0.2) is 29.2 Å². The first-order valence-corrected chi connectivity index (χ1v) is 8.02. The molecular formula is C13H19N3O4S. The second-order valence-electron chi connectivity index (χ2n) is 4.83. The van der Waals surface area contributed by atoms with Gasteiger partial charge in [-0.15, -0.1) is 0 Å². The van der Waals surface area contributed by atoms with Gasteiger partial charge in [-0.1, -0.05) is 0 Å². The largest absolute Gasteiger partial charge is 0.468 e. The minimum Gasteiger partial charge on any atom is -0.468 e. The van der Waals surface area contributed by atoms with Crippen LogP contribution in [-0.4, -0.2) is 63.4 Å². The Kier molecular flexibility index (Phi) is 4.81. The quantitative estimate of drug-likeness (QED) is 0.608. The summed E-state index contributed by atoms with van der Waals surface area (Å²) in [6, 6.07) is 6.15. The summed E-state index contributed by atoms with van der Waals surface area (Å²) in [5.74, 6) is -0.315. The number of nitrogen functional groups attached to an aromatic ring is 1. The molecule has 0 radical (unpaired) electrons. The fraction of sp³-hybridized carbons (Fsp3) is 0.462. The Bertz CT molecular complexity index is 592. The molecule has 0 atom stereocenters. The van der Waals surface area contributed by atoms with Gasteiger partial charge in [-0.2, -0.15) is 4.31 Å². The molecule has 7 nitrogen and oxygen atoms in total. The van der Waals surface area contributed by atoms with Crippen molar-refractivity contribution in [2.75, 3.05) is 45.6 Å². The maximum atomic E-state index is 12.5. The smallest absolute Gasteiger partial charge is 0.319 e. The fourth-order valence-electron chi connectivity index (χ4n) is 2.16. The van der Waals surface area contributed by atoms with Crippen LogP contribution in [0.4, 0.5) is 5.69 Å². The number of ether oxygens (including phenoxy) is 1. The van der Waals surface area contributed by atoms with Crippen LogP contribution in [0.5, 0.6) is 0 Å². The maximum Gasteiger partial charge on any atom is 0.319 e. The number of carbonyl (C=O) groups excluding carboxylic acids is 1. The molecule has 1 fully saturated rings. The summed E-state index contributed by atoms with van der Waals surface area (Å²) in [7, 11) is -2.16. The molecule has 21 heavy (non-hydrogen) atoms. The van der Waals surface area contributed by atoms with E-state index in [4.69, 9.17) is 5.73 Å². The third kappa shape index (κ3) is 3.72. The van der Waals surface area contributed by atoms with Crippen LogP contribution in [0.3, 0.4) is 0 Å². The molecule has 0 unspecified atom stereocenters. The van der Waals surface area contributed by atoms with E-state index in [0.29, 0.717) is 31.9 Å². The molecule has 0 aromatic heterocycles. The summed E-state index contributed by atoms with van der Waals surface area (Å²) in [4.78, 5) is 13.3. The molecular weight excluding hydrogens is 294 g/mol. The Labute approximate surface area is 124 Å². The summed E-state index contributed by atoms with van der Waals surface area (Å²) >= 11 is 0. The van der Waals surface area contributed by atoms with Gasteiger partial charge >= 0.3 is 5.97 Å². The lowest BCUT2D eigenvalue weighted by molar-refractivity contribution is -0.142. The molecule has 1 heterocycles. The SMILES string of the molecule is COC(=O)CN1CCN(S(=O)(=O)c2ccc(N)cc2)CC1. The summed E-state index contributed by atoms with van der Waals surface area (Å²) < 4.78 is 30.9. The number of nitrogens with two attached hydrogens (primary N) is 1. The van der Waals surface area contributed by atoms with Gasteiger partial charge in [0.2, 0.25) is 10.0 Å². The number of esters is 1. The lowest BCUT2D eigenvalue weighted by Crippen LogP contribution is -2.49. The lowest BCUT2D eigenvalue weighted by atomic mass is 10.3. The van der Waals surface area contributed by atoms with Crippen LogP contribution < -0.4 is 5.73 Å². The van der Waals surface area contributed by atoms with Crippen molar-refractivity contribution in [3.8, 4) is 0 Å². The summed E-state index contributed by atoms with van der Waals surface area (Å²) in [6.45, 7) is 1.90. The van der Waals surface area contributed by atoms with E-state index in [1.807, 2.05) is 4.90 Å². The van der Waals surface area contributed by atoms with Crippen molar-refractivity contribution in [2.45, 2.75) is 4.90 Å². The minimum absolute atomic E-state index is 0.187. The van der Waals surface area contributed by atoms with Gasteiger partial charge < -0.3 is 10.5 Å². The molecule has 0 bridgehead atoms. The number of methoxy groups -OCH3 is 1. The Hall–Kier alpha value is -1.64. The Morgan fingerprint density at radius 1 is 1.19 bits per heavy atom. The highest BCUT2D eigenvalue weighted by Crippen LogP contribution is 2.18. The van der Waals surface area contributed by atoms with Gasteiger partial charge in [0.1, 0.15) is 0 Å². The highest BCUT2D eigenvalue weighted by atomic mass is 32.2. The molecule has 1 aliphatic rings. The first kappa shape index (κ1) is 15.7. The zero-order chi connectivity index (χ0) is 15.5. The molecule has 0 spiro atoms. The van der Waals surface area contributed by atoms with Crippen molar-refractivity contribution in [1.29, 1.82) is 0 Å². The van der Waals surface area contributed by atoms with E-state index in [1.165, 1.54) is 23.5 Å². The van der Waals surface area contributed by atoms with E-state index in [1.54, 1.807) is 12.1 Å². The second-order valence-corrected chi connectivity index (χ2v) is 6.76. The highest BCUT2D eigenvalue weighted by Gasteiger charge is 2.28. The minimum atomic E-state index is -3.50. The number of piperazine rings is 1.